The molecule has 0 heterocycles. The molecule has 0 aliphatic rings. The summed E-state index contributed by atoms with van der Waals surface area (Å²) in [5.41, 5.74) is 5.10. The molecule has 0 aromatic heterocycles. The number of amidine groups is 1. The van der Waals surface area contributed by atoms with Gasteiger partial charge in [0.15, 0.2) is 17.4 Å². The van der Waals surface area contributed by atoms with E-state index in [0.29, 0.717) is 19.3 Å². The molecular weight excluding hydrogens is 252 g/mol. The molecule has 0 bridgehead atoms. The number of nitrogens with one attached hydrogen (secondary N) is 1. The summed E-state index contributed by atoms with van der Waals surface area (Å²) in [6, 6.07) is 0.118. The number of hydrogen-bond donors (Lipinski definition) is 2. The summed E-state index contributed by atoms with van der Waals surface area (Å²) in [4.78, 5) is 0. The van der Waals surface area contributed by atoms with Crippen molar-refractivity contribution in [3.05, 3.63) is 29.3 Å². The van der Waals surface area contributed by atoms with E-state index in [1.807, 2.05) is 0 Å². The third-order valence-corrected chi connectivity index (χ3v) is 2.16. The standard InChI is InChI=1S/C11H12F4N2O/c12-6-5-7(13)10(15)11(9(6)14)18-4-2-1-3-8(16)17/h5H,1-4H2,(H3,16,17). The molecule has 3 nitrogen and oxygen atoms in total. The van der Waals surface area contributed by atoms with Gasteiger partial charge in [-0.3, -0.25) is 5.41 Å². The number of halogens is 4. The molecule has 1 aromatic carbocycles. The van der Waals surface area contributed by atoms with Gasteiger partial charge in [-0.2, -0.15) is 8.78 Å². The van der Waals surface area contributed by atoms with Crippen LogP contribution in [0.2, 0.25) is 0 Å². The summed E-state index contributed by atoms with van der Waals surface area (Å²) in [7, 11) is 0. The molecular formula is C11H12F4N2O. The Morgan fingerprint density at radius 3 is 2.17 bits per heavy atom. The van der Waals surface area contributed by atoms with E-state index < -0.39 is 29.0 Å². The van der Waals surface area contributed by atoms with Crippen LogP contribution in [0.1, 0.15) is 19.3 Å². The van der Waals surface area contributed by atoms with E-state index in [2.05, 4.69) is 4.74 Å². The van der Waals surface area contributed by atoms with Crippen molar-refractivity contribution in [2.24, 2.45) is 5.73 Å². The Kier molecular flexibility index (Phi) is 4.94. The number of unbranched alkanes of at least 4 members (excludes halogenated alkanes) is 1. The average molecular weight is 264 g/mol. The van der Waals surface area contributed by atoms with Crippen LogP contribution in [0.4, 0.5) is 17.6 Å². The van der Waals surface area contributed by atoms with Crippen LogP contribution in [0, 0.1) is 28.7 Å². The predicted molar refractivity (Wildman–Crippen MR) is 57.5 cm³/mol. The molecule has 0 spiro atoms. The Balaban J connectivity index is 2.59. The van der Waals surface area contributed by atoms with Crippen LogP contribution in [0.5, 0.6) is 5.75 Å². The molecule has 1 aromatic rings. The average Bonchev–Trinajstić information content (AvgIpc) is 2.30. The van der Waals surface area contributed by atoms with Crippen LogP contribution in [0.15, 0.2) is 6.07 Å². The third kappa shape index (κ3) is 3.61. The summed E-state index contributed by atoms with van der Waals surface area (Å²) in [5.74, 6) is -7.19. The Labute approximate surface area is 101 Å². The van der Waals surface area contributed by atoms with E-state index in [1.54, 1.807) is 0 Å². The second kappa shape index (κ2) is 6.23. The first-order valence-corrected chi connectivity index (χ1v) is 5.22. The number of nitrogens with two attached hydrogens (primary N) is 1. The number of ether oxygens (including phenoxy) is 1. The molecule has 0 atom stereocenters. The van der Waals surface area contributed by atoms with Gasteiger partial charge in [0.1, 0.15) is 0 Å². The highest BCUT2D eigenvalue weighted by atomic mass is 19.2. The molecule has 0 saturated heterocycles. The summed E-state index contributed by atoms with van der Waals surface area (Å²) >= 11 is 0. The van der Waals surface area contributed by atoms with Crippen LogP contribution >= 0.6 is 0 Å². The first kappa shape index (κ1) is 14.3. The van der Waals surface area contributed by atoms with Crippen LogP contribution in [0.25, 0.3) is 0 Å². The topological polar surface area (TPSA) is 59.1 Å². The Hall–Kier alpha value is -1.79. The van der Waals surface area contributed by atoms with Gasteiger partial charge in [-0.1, -0.05) is 0 Å². The van der Waals surface area contributed by atoms with Gasteiger partial charge < -0.3 is 10.5 Å². The summed E-state index contributed by atoms with van der Waals surface area (Å²) in [6.07, 6.45) is 1.17. The summed E-state index contributed by atoms with van der Waals surface area (Å²) in [5, 5.41) is 6.94. The molecule has 3 N–H and O–H groups in total. The zero-order chi connectivity index (χ0) is 13.7. The Morgan fingerprint density at radius 1 is 1.11 bits per heavy atom. The fourth-order valence-electron chi connectivity index (χ4n) is 1.27. The van der Waals surface area contributed by atoms with Gasteiger partial charge in [-0.25, -0.2) is 8.78 Å². The van der Waals surface area contributed by atoms with Gasteiger partial charge in [0.2, 0.25) is 11.6 Å². The first-order chi connectivity index (χ1) is 8.43. The van der Waals surface area contributed by atoms with Crippen molar-refractivity contribution < 1.29 is 22.3 Å². The van der Waals surface area contributed by atoms with E-state index in [9.17, 15) is 17.6 Å². The van der Waals surface area contributed by atoms with Gasteiger partial charge in [0, 0.05) is 12.5 Å². The lowest BCUT2D eigenvalue weighted by Gasteiger charge is -2.09. The first-order valence-electron chi connectivity index (χ1n) is 5.22. The second-order valence-electron chi connectivity index (χ2n) is 3.63. The molecule has 0 aliphatic carbocycles. The fourth-order valence-corrected chi connectivity index (χ4v) is 1.27. The van der Waals surface area contributed by atoms with Crippen molar-refractivity contribution in [3.8, 4) is 5.75 Å². The Bertz CT molecular complexity index is 425. The fraction of sp³-hybridized carbons (Fsp3) is 0.364. The molecule has 7 heteroatoms. The molecule has 0 radical (unpaired) electrons. The van der Waals surface area contributed by atoms with Crippen molar-refractivity contribution in [2.75, 3.05) is 6.61 Å². The minimum absolute atomic E-state index is 0.0100. The van der Waals surface area contributed by atoms with E-state index in [4.69, 9.17) is 11.1 Å². The third-order valence-electron chi connectivity index (χ3n) is 2.16. The van der Waals surface area contributed by atoms with Gasteiger partial charge in [-0.05, 0) is 12.8 Å². The molecule has 18 heavy (non-hydrogen) atoms. The van der Waals surface area contributed by atoms with E-state index in [0.717, 1.165) is 0 Å². The van der Waals surface area contributed by atoms with Crippen LogP contribution in [0.3, 0.4) is 0 Å². The lowest BCUT2D eigenvalue weighted by Crippen LogP contribution is -2.10. The van der Waals surface area contributed by atoms with Crippen molar-refractivity contribution in [2.45, 2.75) is 19.3 Å². The van der Waals surface area contributed by atoms with Crippen molar-refractivity contribution in [1.29, 1.82) is 5.41 Å². The highest BCUT2D eigenvalue weighted by Crippen LogP contribution is 2.26. The van der Waals surface area contributed by atoms with E-state index >= 15 is 0 Å². The molecule has 0 fully saturated rings. The zero-order valence-electron chi connectivity index (χ0n) is 9.40. The second-order valence-corrected chi connectivity index (χ2v) is 3.63. The predicted octanol–water partition coefficient (Wildman–Crippen LogP) is 2.73. The SMILES string of the molecule is N=C(N)CCCCOc1c(F)c(F)cc(F)c1F. The largest absolute Gasteiger partial charge is 0.487 e. The van der Waals surface area contributed by atoms with Gasteiger partial charge >= 0.3 is 0 Å². The van der Waals surface area contributed by atoms with E-state index in [-0.39, 0.29) is 18.5 Å². The van der Waals surface area contributed by atoms with Crippen LogP contribution < -0.4 is 10.5 Å². The maximum atomic E-state index is 13.1. The lowest BCUT2D eigenvalue weighted by atomic mass is 10.2. The monoisotopic (exact) mass is 264 g/mol. The minimum Gasteiger partial charge on any atom is -0.487 e. The van der Waals surface area contributed by atoms with Crippen LogP contribution in [-0.2, 0) is 0 Å². The van der Waals surface area contributed by atoms with Gasteiger partial charge in [0.25, 0.3) is 0 Å². The normalized spacial score (nSPS) is 10.4. The van der Waals surface area contributed by atoms with Crippen molar-refractivity contribution in [3.63, 3.8) is 0 Å². The van der Waals surface area contributed by atoms with Gasteiger partial charge in [-0.15, -0.1) is 0 Å². The van der Waals surface area contributed by atoms with Crippen LogP contribution in [-0.4, -0.2) is 12.4 Å². The zero-order valence-corrected chi connectivity index (χ0v) is 9.40. The maximum absolute atomic E-state index is 13.1. The quantitative estimate of drug-likeness (QED) is 0.273. The summed E-state index contributed by atoms with van der Waals surface area (Å²) in [6.45, 7) is -0.121. The highest BCUT2D eigenvalue weighted by molar-refractivity contribution is 5.76. The molecule has 0 amide bonds. The van der Waals surface area contributed by atoms with Crippen molar-refractivity contribution >= 4 is 5.84 Å². The summed E-state index contributed by atoms with van der Waals surface area (Å²) < 4.78 is 56.5. The smallest absolute Gasteiger partial charge is 0.203 e. The van der Waals surface area contributed by atoms with Crippen molar-refractivity contribution in [1.82, 2.24) is 0 Å². The molecule has 0 unspecified atom stereocenters. The minimum atomic E-state index is -1.56. The van der Waals surface area contributed by atoms with Gasteiger partial charge in [0.05, 0.1) is 12.4 Å². The number of hydrogen-bond acceptors (Lipinski definition) is 2. The lowest BCUT2D eigenvalue weighted by molar-refractivity contribution is 0.265. The maximum Gasteiger partial charge on any atom is 0.203 e. The molecule has 100 valence electrons. The Morgan fingerprint density at radius 2 is 1.67 bits per heavy atom. The molecule has 0 saturated carbocycles. The number of benzene rings is 1. The number of rotatable bonds is 6. The molecule has 1 rings (SSSR count). The molecule has 0 aliphatic heterocycles. The highest BCUT2D eigenvalue weighted by Gasteiger charge is 2.20. The van der Waals surface area contributed by atoms with E-state index in [1.165, 1.54) is 0 Å².